The van der Waals surface area contributed by atoms with Gasteiger partial charge in [0.2, 0.25) is 0 Å². The van der Waals surface area contributed by atoms with Crippen molar-refractivity contribution >= 4 is 11.7 Å². The van der Waals surface area contributed by atoms with Crippen molar-refractivity contribution in [3.05, 3.63) is 65.7 Å². The number of nitrogens with zero attached hydrogens (tertiary/aromatic N) is 1. The van der Waals surface area contributed by atoms with E-state index in [9.17, 15) is 4.79 Å². The van der Waals surface area contributed by atoms with Gasteiger partial charge >= 0.3 is 6.03 Å². The summed E-state index contributed by atoms with van der Waals surface area (Å²) in [6.07, 6.45) is 2.95. The van der Waals surface area contributed by atoms with Crippen molar-refractivity contribution in [3.8, 4) is 0 Å². The van der Waals surface area contributed by atoms with Gasteiger partial charge in [0.1, 0.15) is 0 Å². The van der Waals surface area contributed by atoms with Crippen LogP contribution < -0.4 is 5.32 Å². The fourth-order valence-electron chi connectivity index (χ4n) is 3.12. The average Bonchev–Trinajstić information content (AvgIpc) is 2.64. The van der Waals surface area contributed by atoms with Crippen LogP contribution in [0.15, 0.2) is 54.6 Å². The van der Waals surface area contributed by atoms with Crippen molar-refractivity contribution in [3.63, 3.8) is 0 Å². The number of carbonyl (C=O) groups is 1. The van der Waals surface area contributed by atoms with Crippen LogP contribution in [0, 0.1) is 0 Å². The number of amides is 2. The second-order valence-corrected chi connectivity index (χ2v) is 6.20. The maximum Gasteiger partial charge on any atom is 0.321 e. The van der Waals surface area contributed by atoms with Crippen molar-refractivity contribution in [2.24, 2.45) is 0 Å². The van der Waals surface area contributed by atoms with Gasteiger partial charge in [0.25, 0.3) is 0 Å². The summed E-state index contributed by atoms with van der Waals surface area (Å²) < 4.78 is 5.40. The van der Waals surface area contributed by atoms with Gasteiger partial charge in [-0.05, 0) is 36.5 Å². The van der Waals surface area contributed by atoms with Crippen molar-refractivity contribution in [1.29, 1.82) is 0 Å². The molecule has 4 nitrogen and oxygen atoms in total. The van der Waals surface area contributed by atoms with Gasteiger partial charge in [0, 0.05) is 25.9 Å². The van der Waals surface area contributed by atoms with E-state index >= 15 is 0 Å². The lowest BCUT2D eigenvalue weighted by atomic mass is 10.0. The molecule has 0 spiro atoms. The first-order valence-electron chi connectivity index (χ1n) is 8.47. The van der Waals surface area contributed by atoms with Crippen LogP contribution in [0.1, 0.15) is 24.0 Å². The summed E-state index contributed by atoms with van der Waals surface area (Å²) in [5.74, 6) is 0. The number of para-hydroxylation sites is 1. The minimum absolute atomic E-state index is 0.0442. The highest BCUT2D eigenvalue weighted by molar-refractivity contribution is 5.90. The SMILES string of the molecule is CO[C@@H]1CCCN(C(=O)Nc2ccccc2Cc2ccccc2)C1. The van der Waals surface area contributed by atoms with Gasteiger partial charge in [0.15, 0.2) is 0 Å². The van der Waals surface area contributed by atoms with Crippen LogP contribution >= 0.6 is 0 Å². The van der Waals surface area contributed by atoms with E-state index in [1.165, 1.54) is 5.56 Å². The lowest BCUT2D eigenvalue weighted by Crippen LogP contribution is -2.45. The monoisotopic (exact) mass is 324 g/mol. The Morgan fingerprint density at radius 1 is 1.17 bits per heavy atom. The van der Waals surface area contributed by atoms with Gasteiger partial charge in [-0.15, -0.1) is 0 Å². The van der Waals surface area contributed by atoms with E-state index < -0.39 is 0 Å². The van der Waals surface area contributed by atoms with Crippen molar-refractivity contribution in [2.75, 3.05) is 25.5 Å². The van der Waals surface area contributed by atoms with Gasteiger partial charge in [-0.2, -0.15) is 0 Å². The zero-order chi connectivity index (χ0) is 16.8. The molecule has 0 aromatic heterocycles. The number of piperidine rings is 1. The maximum absolute atomic E-state index is 12.6. The molecule has 0 saturated carbocycles. The van der Waals surface area contributed by atoms with Gasteiger partial charge in [-0.1, -0.05) is 48.5 Å². The Morgan fingerprint density at radius 3 is 2.71 bits per heavy atom. The number of carbonyl (C=O) groups excluding carboxylic acids is 1. The summed E-state index contributed by atoms with van der Waals surface area (Å²) in [5.41, 5.74) is 3.24. The summed E-state index contributed by atoms with van der Waals surface area (Å²) in [4.78, 5) is 14.4. The molecule has 0 bridgehead atoms. The Bertz CT molecular complexity index is 672. The quantitative estimate of drug-likeness (QED) is 0.926. The van der Waals surface area contributed by atoms with Crippen molar-refractivity contribution < 1.29 is 9.53 Å². The summed E-state index contributed by atoms with van der Waals surface area (Å²) in [5, 5.41) is 3.08. The minimum Gasteiger partial charge on any atom is -0.380 e. The molecule has 4 heteroatoms. The molecule has 24 heavy (non-hydrogen) atoms. The lowest BCUT2D eigenvalue weighted by Gasteiger charge is -2.32. The van der Waals surface area contributed by atoms with Gasteiger partial charge < -0.3 is 15.0 Å². The highest BCUT2D eigenvalue weighted by atomic mass is 16.5. The van der Waals surface area contributed by atoms with Crippen LogP contribution in [0.4, 0.5) is 10.5 Å². The molecule has 1 atom stereocenters. The third kappa shape index (κ3) is 4.15. The molecule has 0 unspecified atom stereocenters. The van der Waals surface area contributed by atoms with E-state index in [0.717, 1.165) is 37.1 Å². The maximum atomic E-state index is 12.6. The van der Waals surface area contributed by atoms with Crippen LogP contribution in [0.3, 0.4) is 0 Å². The summed E-state index contributed by atoms with van der Waals surface area (Å²) in [6.45, 7) is 1.44. The Hall–Kier alpha value is -2.33. The third-order valence-electron chi connectivity index (χ3n) is 4.50. The lowest BCUT2D eigenvalue weighted by molar-refractivity contribution is 0.0458. The Kier molecular flexibility index (Phi) is 5.49. The number of likely N-dealkylation sites (tertiary alicyclic amines) is 1. The standard InChI is InChI=1S/C20H24N2O2/c1-24-18-11-7-13-22(15-18)20(23)21-19-12-6-5-10-17(19)14-16-8-3-2-4-9-16/h2-6,8-10,12,18H,7,11,13-15H2,1H3,(H,21,23)/t18-/m1/s1. The topological polar surface area (TPSA) is 41.6 Å². The summed E-state index contributed by atoms with van der Waals surface area (Å²) >= 11 is 0. The zero-order valence-corrected chi connectivity index (χ0v) is 14.1. The molecule has 2 aromatic rings. The van der Waals surface area contributed by atoms with E-state index in [0.29, 0.717) is 6.54 Å². The minimum atomic E-state index is -0.0442. The molecule has 2 aromatic carbocycles. The highest BCUT2D eigenvalue weighted by Crippen LogP contribution is 2.21. The number of rotatable bonds is 4. The molecule has 0 aliphatic carbocycles. The molecule has 126 valence electrons. The van der Waals surface area contributed by atoms with Gasteiger partial charge in [0.05, 0.1) is 6.10 Å². The van der Waals surface area contributed by atoms with Crippen molar-refractivity contribution in [2.45, 2.75) is 25.4 Å². The van der Waals surface area contributed by atoms with E-state index in [1.54, 1.807) is 7.11 Å². The van der Waals surface area contributed by atoms with Gasteiger partial charge in [-0.3, -0.25) is 0 Å². The van der Waals surface area contributed by atoms with Crippen LogP contribution in [-0.4, -0.2) is 37.2 Å². The van der Waals surface area contributed by atoms with Crippen LogP contribution in [0.25, 0.3) is 0 Å². The molecule has 2 amide bonds. The molecule has 1 fully saturated rings. The predicted octanol–water partition coefficient (Wildman–Crippen LogP) is 3.92. The molecule has 1 aliphatic heterocycles. The van der Waals surface area contributed by atoms with Crippen LogP contribution in [0.5, 0.6) is 0 Å². The first kappa shape index (κ1) is 16.5. The van der Waals surface area contributed by atoms with E-state index in [4.69, 9.17) is 4.74 Å². The Morgan fingerprint density at radius 2 is 1.92 bits per heavy atom. The third-order valence-corrected chi connectivity index (χ3v) is 4.50. The molecular weight excluding hydrogens is 300 g/mol. The molecule has 3 rings (SSSR count). The van der Waals surface area contributed by atoms with Gasteiger partial charge in [-0.25, -0.2) is 4.79 Å². The predicted molar refractivity (Wildman–Crippen MR) is 96.3 cm³/mol. The smallest absolute Gasteiger partial charge is 0.321 e. The normalized spacial score (nSPS) is 17.5. The molecular formula is C20H24N2O2. The summed E-state index contributed by atoms with van der Waals surface area (Å²) in [7, 11) is 1.71. The van der Waals surface area contributed by atoms with Crippen molar-refractivity contribution in [1.82, 2.24) is 4.90 Å². The number of benzene rings is 2. The first-order chi connectivity index (χ1) is 11.8. The Labute approximate surface area is 143 Å². The fourth-order valence-corrected chi connectivity index (χ4v) is 3.12. The molecule has 1 aliphatic rings. The second kappa shape index (κ2) is 7.97. The second-order valence-electron chi connectivity index (χ2n) is 6.20. The fraction of sp³-hybridized carbons (Fsp3) is 0.350. The molecule has 1 heterocycles. The first-order valence-corrected chi connectivity index (χ1v) is 8.47. The molecule has 0 radical (unpaired) electrons. The van der Waals surface area contributed by atoms with Crippen LogP contribution in [0.2, 0.25) is 0 Å². The van der Waals surface area contributed by atoms with Crippen LogP contribution in [-0.2, 0) is 11.2 Å². The number of hydrogen-bond donors (Lipinski definition) is 1. The summed E-state index contributed by atoms with van der Waals surface area (Å²) in [6, 6.07) is 18.2. The van der Waals surface area contributed by atoms with E-state index in [-0.39, 0.29) is 12.1 Å². The number of ether oxygens (including phenoxy) is 1. The molecule has 1 saturated heterocycles. The number of nitrogens with one attached hydrogen (secondary N) is 1. The molecule has 1 N–H and O–H groups in total. The van der Waals surface area contributed by atoms with E-state index in [2.05, 4.69) is 23.5 Å². The van der Waals surface area contributed by atoms with E-state index in [1.807, 2.05) is 41.3 Å². The zero-order valence-electron chi connectivity index (χ0n) is 14.1. The highest BCUT2D eigenvalue weighted by Gasteiger charge is 2.23. The number of hydrogen-bond acceptors (Lipinski definition) is 2. The number of methoxy groups -OCH3 is 1. The number of urea groups is 1. The largest absolute Gasteiger partial charge is 0.380 e. The average molecular weight is 324 g/mol. The number of anilines is 1. The Balaban J connectivity index is 1.69.